The fourth-order valence-corrected chi connectivity index (χ4v) is 2.53. The van der Waals surface area contributed by atoms with Crippen molar-refractivity contribution in [3.05, 3.63) is 29.8 Å². The van der Waals surface area contributed by atoms with Gasteiger partial charge in [-0.15, -0.1) is 0 Å². The summed E-state index contributed by atoms with van der Waals surface area (Å²) < 4.78 is 5.87. The Hall–Kier alpha value is -1.02. The van der Waals surface area contributed by atoms with Crippen molar-refractivity contribution in [1.82, 2.24) is 0 Å². The molecule has 2 rings (SSSR count). The maximum absolute atomic E-state index is 9.97. The Morgan fingerprint density at radius 2 is 1.94 bits per heavy atom. The van der Waals surface area contributed by atoms with Crippen molar-refractivity contribution in [2.45, 2.75) is 51.6 Å². The Kier molecular flexibility index (Phi) is 4.28. The summed E-state index contributed by atoms with van der Waals surface area (Å²) in [6.45, 7) is 4.41. The lowest BCUT2D eigenvalue weighted by atomic mass is 9.90. The maximum atomic E-state index is 9.97. The second-order valence-electron chi connectivity index (χ2n) is 5.90. The summed E-state index contributed by atoms with van der Waals surface area (Å²) in [4.78, 5) is 0. The average molecular weight is 248 g/mol. The summed E-state index contributed by atoms with van der Waals surface area (Å²) in [5.41, 5.74) is 0.105. The quantitative estimate of drug-likeness (QED) is 0.876. The molecule has 0 radical (unpaired) electrons. The Balaban J connectivity index is 1.92. The minimum absolute atomic E-state index is 0.713. The zero-order chi connectivity index (χ0) is 13.0. The van der Waals surface area contributed by atoms with Gasteiger partial charge in [-0.3, -0.25) is 0 Å². The Morgan fingerprint density at radius 3 is 2.61 bits per heavy atom. The lowest BCUT2D eigenvalue weighted by molar-refractivity contribution is 0.0781. The van der Waals surface area contributed by atoms with Crippen molar-refractivity contribution >= 4 is 0 Å². The molecule has 2 nitrogen and oxygen atoms in total. The van der Waals surface area contributed by atoms with Gasteiger partial charge >= 0.3 is 0 Å². The van der Waals surface area contributed by atoms with Gasteiger partial charge in [0.1, 0.15) is 5.75 Å². The number of hydrogen-bond acceptors (Lipinski definition) is 2. The third-order valence-corrected chi connectivity index (χ3v) is 3.75. The third-order valence-electron chi connectivity index (χ3n) is 3.75. The van der Waals surface area contributed by atoms with Crippen molar-refractivity contribution in [1.29, 1.82) is 0 Å². The Bertz CT molecular complexity index is 373. The van der Waals surface area contributed by atoms with Crippen LogP contribution in [0.25, 0.3) is 0 Å². The fraction of sp³-hybridized carbons (Fsp3) is 0.625. The van der Waals surface area contributed by atoms with Gasteiger partial charge in [-0.25, -0.2) is 0 Å². The van der Waals surface area contributed by atoms with Gasteiger partial charge in [-0.2, -0.15) is 0 Å². The molecule has 0 bridgehead atoms. The van der Waals surface area contributed by atoms with Crippen LogP contribution in [0.3, 0.4) is 0 Å². The minimum atomic E-state index is -0.801. The molecule has 1 fully saturated rings. The second-order valence-corrected chi connectivity index (χ2v) is 5.90. The highest BCUT2D eigenvalue weighted by atomic mass is 16.5. The Morgan fingerprint density at radius 1 is 1.22 bits per heavy atom. The number of aliphatic hydroxyl groups is 1. The molecule has 2 heteroatoms. The summed E-state index contributed by atoms with van der Waals surface area (Å²) in [6.07, 6.45) is 6.66. The van der Waals surface area contributed by atoms with E-state index in [-0.39, 0.29) is 0 Å². The predicted octanol–water partition coefficient (Wildman–Crippen LogP) is 3.87. The summed E-state index contributed by atoms with van der Waals surface area (Å²) in [5.74, 6) is 1.59. The second kappa shape index (κ2) is 5.75. The molecule has 0 atom stereocenters. The van der Waals surface area contributed by atoms with E-state index in [4.69, 9.17) is 4.74 Å². The number of benzene rings is 1. The van der Waals surface area contributed by atoms with Gasteiger partial charge in [-0.05, 0) is 50.3 Å². The molecule has 0 aliphatic heterocycles. The molecule has 1 aromatic carbocycles. The van der Waals surface area contributed by atoms with Crippen LogP contribution < -0.4 is 4.74 Å². The molecule has 0 aromatic heterocycles. The van der Waals surface area contributed by atoms with E-state index in [2.05, 4.69) is 0 Å². The van der Waals surface area contributed by atoms with Crippen molar-refractivity contribution in [3.8, 4) is 5.75 Å². The van der Waals surface area contributed by atoms with Gasteiger partial charge in [0.05, 0.1) is 12.2 Å². The first kappa shape index (κ1) is 13.4. The highest BCUT2D eigenvalue weighted by Crippen LogP contribution is 2.27. The van der Waals surface area contributed by atoms with Gasteiger partial charge in [0.25, 0.3) is 0 Å². The molecule has 0 amide bonds. The fourth-order valence-electron chi connectivity index (χ4n) is 2.53. The molecule has 1 N–H and O–H groups in total. The molecule has 1 aromatic rings. The van der Waals surface area contributed by atoms with E-state index in [0.29, 0.717) is 5.92 Å². The third kappa shape index (κ3) is 3.74. The van der Waals surface area contributed by atoms with Crippen molar-refractivity contribution in [3.63, 3.8) is 0 Å². The first-order valence-corrected chi connectivity index (χ1v) is 7.01. The van der Waals surface area contributed by atoms with Gasteiger partial charge in [0.15, 0.2) is 0 Å². The molecule has 0 saturated heterocycles. The summed E-state index contributed by atoms with van der Waals surface area (Å²) >= 11 is 0. The normalized spacial score (nSPS) is 17.7. The van der Waals surface area contributed by atoms with E-state index in [9.17, 15) is 5.11 Å². The van der Waals surface area contributed by atoms with Crippen LogP contribution in [0.2, 0.25) is 0 Å². The van der Waals surface area contributed by atoms with Gasteiger partial charge in [0, 0.05) is 0 Å². The maximum Gasteiger partial charge on any atom is 0.119 e. The van der Waals surface area contributed by atoms with E-state index in [0.717, 1.165) is 17.9 Å². The topological polar surface area (TPSA) is 29.5 Å². The summed E-state index contributed by atoms with van der Waals surface area (Å²) in [6, 6.07) is 7.80. The van der Waals surface area contributed by atoms with Crippen LogP contribution in [-0.4, -0.2) is 11.7 Å². The van der Waals surface area contributed by atoms with Crippen LogP contribution in [0, 0.1) is 5.92 Å². The van der Waals surface area contributed by atoms with Gasteiger partial charge in [-0.1, -0.05) is 31.4 Å². The zero-order valence-electron chi connectivity index (χ0n) is 11.5. The van der Waals surface area contributed by atoms with Crippen LogP contribution in [0.5, 0.6) is 5.75 Å². The first-order valence-electron chi connectivity index (χ1n) is 7.01. The van der Waals surface area contributed by atoms with Crippen molar-refractivity contribution < 1.29 is 9.84 Å². The van der Waals surface area contributed by atoms with E-state index < -0.39 is 5.60 Å². The summed E-state index contributed by atoms with van der Waals surface area (Å²) in [7, 11) is 0. The molecular weight excluding hydrogens is 224 g/mol. The molecule has 0 heterocycles. The molecule has 0 unspecified atom stereocenters. The largest absolute Gasteiger partial charge is 0.493 e. The molecular formula is C16H24O2. The van der Waals surface area contributed by atoms with Gasteiger partial charge in [0.2, 0.25) is 0 Å². The van der Waals surface area contributed by atoms with Crippen LogP contribution in [0.15, 0.2) is 24.3 Å². The minimum Gasteiger partial charge on any atom is -0.493 e. The molecule has 100 valence electrons. The van der Waals surface area contributed by atoms with E-state index in [1.807, 2.05) is 24.3 Å². The molecule has 0 spiro atoms. The van der Waals surface area contributed by atoms with Crippen LogP contribution >= 0.6 is 0 Å². The van der Waals surface area contributed by atoms with E-state index >= 15 is 0 Å². The molecule has 1 saturated carbocycles. The van der Waals surface area contributed by atoms with E-state index in [1.165, 1.54) is 32.1 Å². The average Bonchev–Trinajstić information content (AvgIpc) is 2.37. The molecule has 1 aliphatic carbocycles. The Labute approximate surface area is 110 Å². The number of rotatable bonds is 4. The SMILES string of the molecule is CC(C)(O)c1cccc(OCC2CCCCC2)c1. The zero-order valence-corrected chi connectivity index (χ0v) is 11.5. The first-order chi connectivity index (χ1) is 8.55. The van der Waals surface area contributed by atoms with Crippen LogP contribution in [-0.2, 0) is 5.60 Å². The smallest absolute Gasteiger partial charge is 0.119 e. The van der Waals surface area contributed by atoms with Crippen molar-refractivity contribution in [2.24, 2.45) is 5.92 Å². The van der Waals surface area contributed by atoms with Crippen molar-refractivity contribution in [2.75, 3.05) is 6.61 Å². The lowest BCUT2D eigenvalue weighted by Gasteiger charge is -2.22. The standard InChI is InChI=1S/C16H24O2/c1-16(2,17)14-9-6-10-15(11-14)18-12-13-7-4-3-5-8-13/h6,9-11,13,17H,3-5,7-8,12H2,1-2H3. The molecule has 1 aliphatic rings. The lowest BCUT2D eigenvalue weighted by Crippen LogP contribution is -2.17. The molecule has 18 heavy (non-hydrogen) atoms. The van der Waals surface area contributed by atoms with Crippen LogP contribution in [0.4, 0.5) is 0 Å². The highest BCUT2D eigenvalue weighted by molar-refractivity contribution is 5.31. The van der Waals surface area contributed by atoms with Gasteiger partial charge < -0.3 is 9.84 Å². The van der Waals surface area contributed by atoms with E-state index in [1.54, 1.807) is 13.8 Å². The predicted molar refractivity (Wildman–Crippen MR) is 73.8 cm³/mol. The number of ether oxygens (including phenoxy) is 1. The summed E-state index contributed by atoms with van der Waals surface area (Å²) in [5, 5.41) is 9.97. The number of hydrogen-bond donors (Lipinski definition) is 1. The van der Waals surface area contributed by atoms with Crippen LogP contribution in [0.1, 0.15) is 51.5 Å². The monoisotopic (exact) mass is 248 g/mol. The highest BCUT2D eigenvalue weighted by Gasteiger charge is 2.17.